The molecule has 1 aliphatic rings. The molecule has 3 rings (SSSR count). The average molecular weight is 287 g/mol. The standard InChI is InChI=1S/C17H19ClN2/c1-2-19-12-14-11-15(18)7-8-17(14)20-10-9-13-5-3-4-6-16(13)20/h3-8,11,19H,2,9-10,12H2,1H3. The van der Waals surface area contributed by atoms with E-state index in [1.807, 2.05) is 6.07 Å². The maximum absolute atomic E-state index is 6.16. The van der Waals surface area contributed by atoms with Crippen molar-refractivity contribution in [2.75, 3.05) is 18.0 Å². The number of fused-ring (bicyclic) bond motifs is 1. The van der Waals surface area contributed by atoms with Crippen molar-refractivity contribution >= 4 is 23.0 Å². The van der Waals surface area contributed by atoms with Gasteiger partial charge in [0.1, 0.15) is 0 Å². The van der Waals surface area contributed by atoms with Crippen molar-refractivity contribution in [3.05, 3.63) is 58.6 Å². The van der Waals surface area contributed by atoms with E-state index < -0.39 is 0 Å². The highest BCUT2D eigenvalue weighted by Crippen LogP contribution is 2.36. The second-order valence-corrected chi connectivity index (χ2v) is 5.52. The molecule has 0 aliphatic carbocycles. The molecule has 1 aliphatic heterocycles. The Labute approximate surface area is 125 Å². The van der Waals surface area contributed by atoms with E-state index in [1.165, 1.54) is 22.5 Å². The summed E-state index contributed by atoms with van der Waals surface area (Å²) >= 11 is 6.16. The van der Waals surface area contributed by atoms with Crippen molar-refractivity contribution in [2.45, 2.75) is 19.9 Å². The van der Waals surface area contributed by atoms with Crippen molar-refractivity contribution in [1.82, 2.24) is 5.32 Å². The van der Waals surface area contributed by atoms with Crippen molar-refractivity contribution in [1.29, 1.82) is 0 Å². The number of benzene rings is 2. The van der Waals surface area contributed by atoms with E-state index in [1.54, 1.807) is 0 Å². The summed E-state index contributed by atoms with van der Waals surface area (Å²) in [6.45, 7) is 4.98. The first kappa shape index (κ1) is 13.5. The molecular formula is C17H19ClN2. The second-order valence-electron chi connectivity index (χ2n) is 5.08. The first-order valence-electron chi connectivity index (χ1n) is 7.14. The molecule has 0 unspecified atom stereocenters. The fraction of sp³-hybridized carbons (Fsp3) is 0.294. The Morgan fingerprint density at radius 2 is 2.00 bits per heavy atom. The zero-order valence-electron chi connectivity index (χ0n) is 11.7. The van der Waals surface area contributed by atoms with E-state index in [0.717, 1.165) is 31.1 Å². The van der Waals surface area contributed by atoms with Gasteiger partial charge in [-0.15, -0.1) is 0 Å². The molecule has 1 N–H and O–H groups in total. The van der Waals surface area contributed by atoms with Crippen LogP contribution in [0.4, 0.5) is 11.4 Å². The van der Waals surface area contributed by atoms with Gasteiger partial charge in [0.05, 0.1) is 0 Å². The van der Waals surface area contributed by atoms with Crippen molar-refractivity contribution < 1.29 is 0 Å². The summed E-state index contributed by atoms with van der Waals surface area (Å²) in [7, 11) is 0. The predicted molar refractivity (Wildman–Crippen MR) is 86.0 cm³/mol. The van der Waals surface area contributed by atoms with Crippen LogP contribution in [0.25, 0.3) is 0 Å². The molecule has 2 aromatic carbocycles. The summed E-state index contributed by atoms with van der Waals surface area (Å²) < 4.78 is 0. The molecule has 0 fully saturated rings. The zero-order valence-corrected chi connectivity index (χ0v) is 12.5. The molecule has 3 heteroatoms. The Bertz CT molecular complexity index is 610. The average Bonchev–Trinajstić information content (AvgIpc) is 2.89. The lowest BCUT2D eigenvalue weighted by atomic mass is 10.1. The van der Waals surface area contributed by atoms with Gasteiger partial charge in [-0.3, -0.25) is 0 Å². The Hall–Kier alpha value is -1.51. The van der Waals surface area contributed by atoms with E-state index in [9.17, 15) is 0 Å². The third-order valence-electron chi connectivity index (χ3n) is 3.78. The minimum atomic E-state index is 0.800. The summed E-state index contributed by atoms with van der Waals surface area (Å²) in [6, 6.07) is 14.8. The summed E-state index contributed by atoms with van der Waals surface area (Å²) in [5, 5.41) is 4.19. The van der Waals surface area contributed by atoms with Crippen LogP contribution >= 0.6 is 11.6 Å². The minimum Gasteiger partial charge on any atom is -0.341 e. The van der Waals surface area contributed by atoms with E-state index in [2.05, 4.69) is 53.5 Å². The molecule has 20 heavy (non-hydrogen) atoms. The first-order chi connectivity index (χ1) is 9.79. The molecule has 2 nitrogen and oxygen atoms in total. The monoisotopic (exact) mass is 286 g/mol. The molecule has 2 aromatic rings. The van der Waals surface area contributed by atoms with Gasteiger partial charge in [0.2, 0.25) is 0 Å². The summed E-state index contributed by atoms with van der Waals surface area (Å²) in [5.41, 5.74) is 5.28. The van der Waals surface area contributed by atoms with Gasteiger partial charge >= 0.3 is 0 Å². The summed E-state index contributed by atoms with van der Waals surface area (Å²) in [6.07, 6.45) is 1.11. The highest BCUT2D eigenvalue weighted by atomic mass is 35.5. The third-order valence-corrected chi connectivity index (χ3v) is 4.02. The molecule has 0 radical (unpaired) electrons. The molecule has 0 aromatic heterocycles. The van der Waals surface area contributed by atoms with Gasteiger partial charge < -0.3 is 10.2 Å². The maximum Gasteiger partial charge on any atom is 0.0457 e. The van der Waals surface area contributed by atoms with Crippen LogP contribution in [0.5, 0.6) is 0 Å². The number of halogens is 1. The number of nitrogens with one attached hydrogen (secondary N) is 1. The Morgan fingerprint density at radius 1 is 1.15 bits per heavy atom. The van der Waals surface area contributed by atoms with Crippen molar-refractivity contribution in [3.63, 3.8) is 0 Å². The lowest BCUT2D eigenvalue weighted by Crippen LogP contribution is -2.19. The molecule has 0 amide bonds. The Morgan fingerprint density at radius 3 is 2.85 bits per heavy atom. The van der Waals surface area contributed by atoms with Crippen LogP contribution in [0.2, 0.25) is 5.02 Å². The van der Waals surface area contributed by atoms with Crippen LogP contribution in [0.15, 0.2) is 42.5 Å². The van der Waals surface area contributed by atoms with Crippen molar-refractivity contribution in [2.24, 2.45) is 0 Å². The smallest absolute Gasteiger partial charge is 0.0457 e. The summed E-state index contributed by atoms with van der Waals surface area (Å²) in [5.74, 6) is 0. The van der Waals surface area contributed by atoms with Gasteiger partial charge in [-0.1, -0.05) is 36.7 Å². The number of nitrogens with zero attached hydrogens (tertiary/aromatic N) is 1. The lowest BCUT2D eigenvalue weighted by Gasteiger charge is -2.23. The van der Waals surface area contributed by atoms with E-state index in [4.69, 9.17) is 11.6 Å². The van der Waals surface area contributed by atoms with Crippen LogP contribution in [-0.2, 0) is 13.0 Å². The summed E-state index contributed by atoms with van der Waals surface area (Å²) in [4.78, 5) is 2.40. The van der Waals surface area contributed by atoms with Crippen LogP contribution < -0.4 is 10.2 Å². The quantitative estimate of drug-likeness (QED) is 0.908. The predicted octanol–water partition coefficient (Wildman–Crippen LogP) is 4.14. The SMILES string of the molecule is CCNCc1cc(Cl)ccc1N1CCc2ccccc21. The molecular weight excluding hydrogens is 268 g/mol. The number of hydrogen-bond donors (Lipinski definition) is 1. The van der Waals surface area contributed by atoms with Crippen LogP contribution in [-0.4, -0.2) is 13.1 Å². The van der Waals surface area contributed by atoms with E-state index >= 15 is 0 Å². The maximum atomic E-state index is 6.16. The molecule has 0 saturated heterocycles. The van der Waals surface area contributed by atoms with Gasteiger partial charge in [-0.25, -0.2) is 0 Å². The Balaban J connectivity index is 1.98. The fourth-order valence-corrected chi connectivity index (χ4v) is 3.00. The van der Waals surface area contributed by atoms with Crippen LogP contribution in [0.1, 0.15) is 18.1 Å². The van der Waals surface area contributed by atoms with Gasteiger partial charge in [-0.2, -0.15) is 0 Å². The van der Waals surface area contributed by atoms with E-state index in [-0.39, 0.29) is 0 Å². The highest BCUT2D eigenvalue weighted by molar-refractivity contribution is 6.30. The third kappa shape index (κ3) is 2.54. The van der Waals surface area contributed by atoms with Gasteiger partial charge in [0.15, 0.2) is 0 Å². The normalized spacial score (nSPS) is 13.6. The zero-order chi connectivity index (χ0) is 13.9. The first-order valence-corrected chi connectivity index (χ1v) is 7.52. The number of rotatable bonds is 4. The molecule has 104 valence electrons. The lowest BCUT2D eigenvalue weighted by molar-refractivity contribution is 0.725. The molecule has 0 atom stereocenters. The number of anilines is 2. The molecule has 0 saturated carbocycles. The molecule has 1 heterocycles. The molecule has 0 bridgehead atoms. The van der Waals surface area contributed by atoms with Gasteiger partial charge in [0.25, 0.3) is 0 Å². The largest absolute Gasteiger partial charge is 0.341 e. The van der Waals surface area contributed by atoms with Crippen LogP contribution in [0, 0.1) is 0 Å². The number of hydrogen-bond acceptors (Lipinski definition) is 2. The highest BCUT2D eigenvalue weighted by Gasteiger charge is 2.21. The fourth-order valence-electron chi connectivity index (χ4n) is 2.81. The second kappa shape index (κ2) is 5.86. The topological polar surface area (TPSA) is 15.3 Å². The number of para-hydroxylation sites is 1. The minimum absolute atomic E-state index is 0.800. The van der Waals surface area contributed by atoms with Gasteiger partial charge in [0, 0.05) is 29.5 Å². The van der Waals surface area contributed by atoms with E-state index in [0.29, 0.717) is 0 Å². The van der Waals surface area contributed by atoms with Crippen LogP contribution in [0.3, 0.4) is 0 Å². The van der Waals surface area contributed by atoms with Gasteiger partial charge in [-0.05, 0) is 48.4 Å². The van der Waals surface area contributed by atoms with Crippen molar-refractivity contribution in [3.8, 4) is 0 Å². The molecule has 0 spiro atoms. The Kier molecular flexibility index (Phi) is 3.95.